The van der Waals surface area contributed by atoms with Crippen LogP contribution in [-0.2, 0) is 0 Å². The molecular formula is C34H30N4. The van der Waals surface area contributed by atoms with Crippen LogP contribution in [0.4, 0.5) is 22.7 Å². The van der Waals surface area contributed by atoms with E-state index in [2.05, 4.69) is 131 Å². The summed E-state index contributed by atoms with van der Waals surface area (Å²) in [6.07, 6.45) is 0. The molecule has 3 aliphatic heterocycles. The maximum Gasteiger partial charge on any atom is 0.155 e. The van der Waals surface area contributed by atoms with Gasteiger partial charge in [-0.2, -0.15) is 0 Å². The maximum absolute atomic E-state index is 2.64. The third-order valence-electron chi connectivity index (χ3n) is 9.94. The molecule has 3 aliphatic carbocycles. The van der Waals surface area contributed by atoms with E-state index in [0.29, 0.717) is 23.7 Å². The van der Waals surface area contributed by atoms with Gasteiger partial charge in [0.25, 0.3) is 0 Å². The second-order valence-electron chi connectivity index (χ2n) is 11.5. The van der Waals surface area contributed by atoms with Gasteiger partial charge < -0.3 is 19.6 Å². The molecule has 2 bridgehead atoms. The topological polar surface area (TPSA) is 13.0 Å². The Kier molecular flexibility index (Phi) is 3.96. The quantitative estimate of drug-likeness (QED) is 0.274. The summed E-state index contributed by atoms with van der Waals surface area (Å²) in [7, 11) is 4.49. The molecule has 3 heterocycles. The van der Waals surface area contributed by atoms with Crippen LogP contribution >= 0.6 is 0 Å². The molecule has 4 aromatic carbocycles. The Balaban J connectivity index is 1.33. The first-order valence-electron chi connectivity index (χ1n) is 13.8. The van der Waals surface area contributed by atoms with Crippen molar-refractivity contribution < 1.29 is 0 Å². The average Bonchev–Trinajstić information content (AvgIpc) is 3.37. The zero-order valence-electron chi connectivity index (χ0n) is 21.8. The highest BCUT2D eigenvalue weighted by molar-refractivity contribution is 5.89. The molecule has 4 nitrogen and oxygen atoms in total. The summed E-state index contributed by atoms with van der Waals surface area (Å²) < 4.78 is 0. The van der Waals surface area contributed by atoms with Crippen LogP contribution in [0.2, 0.25) is 0 Å². The molecule has 38 heavy (non-hydrogen) atoms. The number of rotatable bonds is 0. The van der Waals surface area contributed by atoms with Gasteiger partial charge in [-0.1, -0.05) is 72.8 Å². The average molecular weight is 495 g/mol. The van der Waals surface area contributed by atoms with Gasteiger partial charge in [-0.05, 0) is 58.4 Å². The number of nitrogens with zero attached hydrogens (tertiary/aromatic N) is 4. The first kappa shape index (κ1) is 20.8. The second kappa shape index (κ2) is 7.22. The molecule has 0 spiro atoms. The third-order valence-corrected chi connectivity index (χ3v) is 9.94. The van der Waals surface area contributed by atoms with Crippen molar-refractivity contribution in [2.75, 3.05) is 46.8 Å². The van der Waals surface area contributed by atoms with E-state index >= 15 is 0 Å². The number of hydrogen-bond donors (Lipinski definition) is 0. The Morgan fingerprint density at radius 3 is 1.13 bits per heavy atom. The molecule has 6 aliphatic rings. The zero-order valence-corrected chi connectivity index (χ0v) is 21.8. The second-order valence-corrected chi connectivity index (χ2v) is 11.5. The van der Waals surface area contributed by atoms with Crippen LogP contribution in [0.3, 0.4) is 0 Å². The van der Waals surface area contributed by atoms with Crippen LogP contribution in [-0.4, -0.2) is 27.2 Å². The van der Waals surface area contributed by atoms with E-state index < -0.39 is 0 Å². The van der Waals surface area contributed by atoms with Gasteiger partial charge in [0, 0.05) is 39.0 Å². The van der Waals surface area contributed by atoms with Crippen LogP contribution in [0.25, 0.3) is 0 Å². The Labute approximate surface area is 224 Å². The summed E-state index contributed by atoms with van der Waals surface area (Å²) in [5, 5.41) is 0. The van der Waals surface area contributed by atoms with Crippen molar-refractivity contribution in [1.29, 1.82) is 0 Å². The SMILES string of the molecule is CN1C2=C3N(C)c4ccccc4N3C[C@@H]3C4c5ccccc5C(c5ccccc54)[C@H]3CN2c2ccccc21. The molecule has 2 atom stereocenters. The highest BCUT2D eigenvalue weighted by atomic mass is 15.5. The highest BCUT2D eigenvalue weighted by Crippen LogP contribution is 2.61. The third kappa shape index (κ3) is 2.42. The van der Waals surface area contributed by atoms with E-state index in [4.69, 9.17) is 0 Å². The molecule has 0 saturated carbocycles. The molecule has 10 rings (SSSR count). The predicted octanol–water partition coefficient (Wildman–Crippen LogP) is 6.56. The van der Waals surface area contributed by atoms with E-state index in [1.54, 1.807) is 22.3 Å². The van der Waals surface area contributed by atoms with Gasteiger partial charge in [0.15, 0.2) is 11.6 Å². The van der Waals surface area contributed by atoms with E-state index in [1.165, 1.54) is 34.4 Å². The normalized spacial score (nSPS) is 25.6. The van der Waals surface area contributed by atoms with Crippen molar-refractivity contribution in [2.45, 2.75) is 11.8 Å². The molecule has 0 amide bonds. The fourth-order valence-corrected chi connectivity index (χ4v) is 8.49. The van der Waals surface area contributed by atoms with Crippen molar-refractivity contribution in [3.05, 3.63) is 131 Å². The van der Waals surface area contributed by atoms with Crippen molar-refractivity contribution >= 4 is 22.7 Å². The minimum atomic E-state index is 0.411. The van der Waals surface area contributed by atoms with Crippen LogP contribution in [0.5, 0.6) is 0 Å². The molecule has 0 fully saturated rings. The fraction of sp³-hybridized carbons (Fsp3) is 0.235. The lowest BCUT2D eigenvalue weighted by atomic mass is 9.54. The summed E-state index contributed by atoms with van der Waals surface area (Å²) in [5.41, 5.74) is 11.4. The van der Waals surface area contributed by atoms with Gasteiger partial charge >= 0.3 is 0 Å². The van der Waals surface area contributed by atoms with E-state index in [9.17, 15) is 0 Å². The molecule has 0 N–H and O–H groups in total. The summed E-state index contributed by atoms with van der Waals surface area (Å²) in [4.78, 5) is 10.1. The monoisotopic (exact) mass is 494 g/mol. The molecular weight excluding hydrogens is 464 g/mol. The molecule has 4 aromatic rings. The van der Waals surface area contributed by atoms with Gasteiger partial charge in [-0.15, -0.1) is 0 Å². The lowest BCUT2D eigenvalue weighted by Crippen LogP contribution is -2.52. The van der Waals surface area contributed by atoms with Crippen LogP contribution < -0.4 is 19.6 Å². The number of benzene rings is 4. The van der Waals surface area contributed by atoms with E-state index in [1.807, 2.05) is 0 Å². The lowest BCUT2D eigenvalue weighted by Gasteiger charge is -2.54. The van der Waals surface area contributed by atoms with Crippen molar-refractivity contribution in [2.24, 2.45) is 11.8 Å². The Hall–Kier alpha value is -4.18. The number of anilines is 4. The Morgan fingerprint density at radius 1 is 0.447 bits per heavy atom. The molecule has 0 aromatic heterocycles. The summed E-state index contributed by atoms with van der Waals surface area (Å²) in [6, 6.07) is 36.5. The standard InChI is InChI=1S/C34H30N4/c1-35-27-15-7-9-17-29(27)37-19-25-26(20-38-30-18-10-8-16-28(30)36(2)34(38)33(35)37)32-23-13-5-3-11-21(23)31(25)22-12-4-6-14-24(22)32/h3-18,25-26,31-32H,19-20H2,1-2H3/t25-,26-,31?,32?/m0/s1. The van der Waals surface area contributed by atoms with Crippen molar-refractivity contribution in [3.8, 4) is 0 Å². The Bertz CT molecular complexity index is 1500. The summed E-state index contributed by atoms with van der Waals surface area (Å²) in [6.45, 7) is 2.04. The molecule has 186 valence electrons. The summed E-state index contributed by atoms with van der Waals surface area (Å²) in [5.74, 6) is 4.44. The van der Waals surface area contributed by atoms with E-state index in [-0.39, 0.29) is 0 Å². The lowest BCUT2D eigenvalue weighted by molar-refractivity contribution is 0.236. The van der Waals surface area contributed by atoms with Gasteiger partial charge in [-0.25, -0.2) is 0 Å². The zero-order chi connectivity index (χ0) is 25.1. The largest absolute Gasteiger partial charge is 0.326 e. The van der Waals surface area contributed by atoms with Crippen LogP contribution in [0.15, 0.2) is 109 Å². The van der Waals surface area contributed by atoms with Crippen LogP contribution in [0.1, 0.15) is 34.1 Å². The van der Waals surface area contributed by atoms with E-state index in [0.717, 1.165) is 13.1 Å². The molecule has 4 heteroatoms. The minimum Gasteiger partial charge on any atom is -0.326 e. The summed E-state index contributed by atoms with van der Waals surface area (Å²) >= 11 is 0. The van der Waals surface area contributed by atoms with Crippen molar-refractivity contribution in [3.63, 3.8) is 0 Å². The number of para-hydroxylation sites is 4. The predicted molar refractivity (Wildman–Crippen MR) is 155 cm³/mol. The molecule has 0 radical (unpaired) electrons. The molecule has 0 saturated heterocycles. The maximum atomic E-state index is 2.64. The van der Waals surface area contributed by atoms with Gasteiger partial charge in [0.1, 0.15) is 0 Å². The first-order chi connectivity index (χ1) is 18.7. The number of hydrogen-bond acceptors (Lipinski definition) is 4. The van der Waals surface area contributed by atoms with Crippen LogP contribution in [0, 0.1) is 11.8 Å². The fourth-order valence-electron chi connectivity index (χ4n) is 8.49. The smallest absolute Gasteiger partial charge is 0.155 e. The van der Waals surface area contributed by atoms with Gasteiger partial charge in [-0.3, -0.25) is 0 Å². The molecule has 0 unspecified atom stereocenters. The minimum absolute atomic E-state index is 0.411. The van der Waals surface area contributed by atoms with Gasteiger partial charge in [0.2, 0.25) is 0 Å². The highest BCUT2D eigenvalue weighted by Gasteiger charge is 2.54. The number of fused-ring (bicyclic) bond motifs is 6. The van der Waals surface area contributed by atoms with Crippen molar-refractivity contribution in [1.82, 2.24) is 0 Å². The van der Waals surface area contributed by atoms with Gasteiger partial charge in [0.05, 0.1) is 22.7 Å². The first-order valence-corrected chi connectivity index (χ1v) is 13.8. The Morgan fingerprint density at radius 2 is 0.763 bits per heavy atom.